The summed E-state index contributed by atoms with van der Waals surface area (Å²) in [6, 6.07) is 7.71. The summed E-state index contributed by atoms with van der Waals surface area (Å²) in [4.78, 5) is 30.0. The van der Waals surface area contributed by atoms with Gasteiger partial charge in [0.1, 0.15) is 29.0 Å². The zero-order chi connectivity index (χ0) is 38.8. The van der Waals surface area contributed by atoms with Gasteiger partial charge in [-0.3, -0.25) is 9.88 Å². The second kappa shape index (κ2) is 13.3. The Bertz CT molecular complexity index is 2080. The number of nitrogens with zero attached hydrogens (tertiary/aromatic N) is 2. The summed E-state index contributed by atoms with van der Waals surface area (Å²) in [7, 11) is 1.23. The zero-order valence-corrected chi connectivity index (χ0v) is 28.6. The lowest BCUT2D eigenvalue weighted by Gasteiger charge is -2.38. The van der Waals surface area contributed by atoms with E-state index in [0.717, 1.165) is 38.2 Å². The van der Waals surface area contributed by atoms with E-state index in [2.05, 4.69) is 4.98 Å². The Balaban J connectivity index is 1.50. The van der Waals surface area contributed by atoms with Gasteiger partial charge in [-0.15, -0.1) is 0 Å². The number of amides is 1. The van der Waals surface area contributed by atoms with E-state index >= 15 is 8.78 Å². The maximum absolute atomic E-state index is 15.6. The molecule has 0 unspecified atom stereocenters. The Morgan fingerprint density at radius 3 is 2.19 bits per heavy atom. The lowest BCUT2D eigenvalue weighted by molar-refractivity contribution is -0.141. The number of aromatic carboxylic acids is 1. The van der Waals surface area contributed by atoms with Crippen LogP contribution in [0.25, 0.3) is 22.3 Å². The molecule has 1 aromatic heterocycles. The Morgan fingerprint density at radius 2 is 1.58 bits per heavy atom. The van der Waals surface area contributed by atoms with Gasteiger partial charge in [0.25, 0.3) is 0 Å². The number of hydrogen-bond donors (Lipinski definition) is 1. The Hall–Kier alpha value is -5.21. The van der Waals surface area contributed by atoms with E-state index in [9.17, 15) is 41.0 Å². The number of carbonyl (C=O) groups excluding carboxylic acids is 1. The molecule has 15 heteroatoms. The fraction of sp³-hybridized carbons (Fsp3) is 0.342. The molecule has 2 fully saturated rings. The van der Waals surface area contributed by atoms with Gasteiger partial charge < -0.3 is 14.6 Å². The van der Waals surface area contributed by atoms with Gasteiger partial charge in [0, 0.05) is 29.0 Å². The number of carboxylic acid groups (broad SMARTS) is 1. The molecular formula is C38H32F8N2O5. The molecule has 4 aromatic rings. The van der Waals surface area contributed by atoms with E-state index in [1.807, 2.05) is 0 Å². The number of piperidine rings is 1. The quantitative estimate of drug-likeness (QED) is 0.189. The summed E-state index contributed by atoms with van der Waals surface area (Å²) in [5.41, 5.74) is -4.39. The first kappa shape index (κ1) is 37.5. The van der Waals surface area contributed by atoms with Crippen molar-refractivity contribution >= 4 is 12.1 Å². The summed E-state index contributed by atoms with van der Waals surface area (Å²) in [5.74, 6) is -2.07. The molecule has 53 heavy (non-hydrogen) atoms. The smallest absolute Gasteiger partial charge is 0.433 e. The first-order chi connectivity index (χ1) is 24.7. The number of pyridine rings is 1. The Labute approximate surface area is 298 Å². The van der Waals surface area contributed by atoms with E-state index in [0.29, 0.717) is 23.6 Å². The van der Waals surface area contributed by atoms with Crippen molar-refractivity contribution in [1.29, 1.82) is 0 Å². The number of rotatable bonds is 7. The minimum Gasteiger partial charge on any atom is -0.496 e. The van der Waals surface area contributed by atoms with Crippen LogP contribution in [0.5, 0.6) is 5.75 Å². The number of aryl methyl sites for hydroxylation is 1. The summed E-state index contributed by atoms with van der Waals surface area (Å²) >= 11 is 0. The van der Waals surface area contributed by atoms with E-state index in [1.165, 1.54) is 42.3 Å². The van der Waals surface area contributed by atoms with Crippen molar-refractivity contribution in [1.82, 2.24) is 9.88 Å². The predicted octanol–water partition coefficient (Wildman–Crippen LogP) is 10.6. The normalized spacial score (nSPS) is 19.2. The van der Waals surface area contributed by atoms with Gasteiger partial charge in [0.05, 0.1) is 30.3 Å². The molecular weight excluding hydrogens is 716 g/mol. The van der Waals surface area contributed by atoms with Crippen LogP contribution in [0.1, 0.15) is 89.1 Å². The average Bonchev–Trinajstić information content (AvgIpc) is 3.43. The molecule has 1 amide bonds. The van der Waals surface area contributed by atoms with Crippen LogP contribution in [0.4, 0.5) is 39.9 Å². The molecule has 280 valence electrons. The zero-order valence-electron chi connectivity index (χ0n) is 28.6. The fourth-order valence-corrected chi connectivity index (χ4v) is 7.12. The third kappa shape index (κ3) is 7.12. The van der Waals surface area contributed by atoms with E-state index in [4.69, 9.17) is 9.47 Å². The van der Waals surface area contributed by atoms with Crippen LogP contribution in [-0.2, 0) is 22.8 Å². The summed E-state index contributed by atoms with van der Waals surface area (Å²) in [6.45, 7) is 3.73. The van der Waals surface area contributed by atoms with Crippen LogP contribution in [0.3, 0.4) is 0 Å². The Kier molecular flexibility index (Phi) is 9.44. The summed E-state index contributed by atoms with van der Waals surface area (Å²) < 4.78 is 126. The van der Waals surface area contributed by atoms with E-state index < -0.39 is 65.3 Å². The van der Waals surface area contributed by atoms with Crippen LogP contribution in [0.2, 0.25) is 0 Å². The standard InChI is InChI=1S/C38H32F8N2O5/c1-18-10-19(34(49)50)8-9-23(18)24-14-26(31(52-4)16-28(24)39)27-17-47-32(38(44,45)46)15-25(27)29-6-5-7-30-33(53-35(51)48(29)30)20-11-21(36(2,3)40)13-22(12-20)37(41,42)43/h8-17,29-30,33H,5-7H2,1-4H3,(H,49,50)/t29-,30-,33+/m0/s1. The molecule has 0 radical (unpaired) electrons. The SMILES string of the molecule is COc1cc(F)c(-c2ccc(C(=O)O)cc2C)cc1-c1cnc(C(F)(F)F)cc1[C@@H]1CCC[C@H]2[C@@H](c3cc(C(C)(C)F)cc(C(F)(F)F)c3)OC(=O)N12. The maximum Gasteiger partial charge on any atom is 0.433 e. The second-order valence-corrected chi connectivity index (χ2v) is 13.6. The van der Waals surface area contributed by atoms with Crippen molar-refractivity contribution in [3.8, 4) is 28.0 Å². The molecule has 1 N–H and O–H groups in total. The lowest BCUT2D eigenvalue weighted by atomic mass is 9.84. The van der Waals surface area contributed by atoms with Gasteiger partial charge in [-0.2, -0.15) is 26.3 Å². The molecule has 2 aliphatic rings. The van der Waals surface area contributed by atoms with Gasteiger partial charge in [-0.25, -0.2) is 18.4 Å². The third-order valence-corrected chi connectivity index (χ3v) is 9.68. The summed E-state index contributed by atoms with van der Waals surface area (Å²) in [5, 5.41) is 9.40. The van der Waals surface area contributed by atoms with Crippen molar-refractivity contribution in [2.45, 2.75) is 76.2 Å². The van der Waals surface area contributed by atoms with Crippen LogP contribution in [0.15, 0.2) is 60.8 Å². The highest BCUT2D eigenvalue weighted by molar-refractivity contribution is 5.89. The molecule has 0 spiro atoms. The highest BCUT2D eigenvalue weighted by atomic mass is 19.4. The van der Waals surface area contributed by atoms with Crippen LogP contribution < -0.4 is 4.74 Å². The van der Waals surface area contributed by atoms with Crippen molar-refractivity contribution in [2.24, 2.45) is 0 Å². The largest absolute Gasteiger partial charge is 0.496 e. The fourth-order valence-electron chi connectivity index (χ4n) is 7.12. The number of fused-ring (bicyclic) bond motifs is 1. The lowest BCUT2D eigenvalue weighted by Crippen LogP contribution is -2.41. The number of aromatic nitrogens is 1. The predicted molar refractivity (Wildman–Crippen MR) is 175 cm³/mol. The maximum atomic E-state index is 15.6. The van der Waals surface area contributed by atoms with E-state index in [-0.39, 0.29) is 57.5 Å². The van der Waals surface area contributed by atoms with Crippen molar-refractivity contribution in [2.75, 3.05) is 7.11 Å². The van der Waals surface area contributed by atoms with Gasteiger partial charge in [-0.1, -0.05) is 6.07 Å². The molecule has 6 rings (SSSR count). The highest BCUT2D eigenvalue weighted by Crippen LogP contribution is 2.50. The van der Waals surface area contributed by atoms with E-state index in [1.54, 1.807) is 6.92 Å². The first-order valence-corrected chi connectivity index (χ1v) is 16.4. The number of carbonyl (C=O) groups is 2. The number of carboxylic acids is 1. The molecule has 7 nitrogen and oxygen atoms in total. The number of benzene rings is 3. The van der Waals surface area contributed by atoms with Gasteiger partial charge in [0.2, 0.25) is 0 Å². The van der Waals surface area contributed by atoms with Crippen LogP contribution in [-0.4, -0.2) is 40.2 Å². The molecule has 3 heterocycles. The molecule has 2 saturated heterocycles. The van der Waals surface area contributed by atoms with Crippen molar-refractivity contribution in [3.05, 3.63) is 106 Å². The molecule has 0 aliphatic carbocycles. The van der Waals surface area contributed by atoms with Crippen molar-refractivity contribution < 1.29 is 59.3 Å². The number of halogens is 8. The number of alkyl halides is 7. The molecule has 0 bridgehead atoms. The third-order valence-electron chi connectivity index (χ3n) is 9.68. The summed E-state index contributed by atoms with van der Waals surface area (Å²) in [6.07, 6.45) is -10.5. The number of hydrogen-bond acceptors (Lipinski definition) is 5. The second-order valence-electron chi connectivity index (χ2n) is 13.6. The Morgan fingerprint density at radius 1 is 0.887 bits per heavy atom. The number of cyclic esters (lactones) is 1. The topological polar surface area (TPSA) is 89.0 Å². The molecule has 2 aliphatic heterocycles. The van der Waals surface area contributed by atoms with Crippen LogP contribution in [0, 0.1) is 12.7 Å². The highest BCUT2D eigenvalue weighted by Gasteiger charge is 2.50. The average molecular weight is 749 g/mol. The monoisotopic (exact) mass is 748 g/mol. The van der Waals surface area contributed by atoms with Crippen molar-refractivity contribution in [3.63, 3.8) is 0 Å². The first-order valence-electron chi connectivity index (χ1n) is 16.4. The molecule has 3 aromatic carbocycles. The minimum atomic E-state index is -4.93. The molecule has 3 atom stereocenters. The number of methoxy groups -OCH3 is 1. The van der Waals surface area contributed by atoms with Gasteiger partial charge in [-0.05, 0) is 110 Å². The minimum absolute atomic E-state index is 0.0283. The van der Waals surface area contributed by atoms with Gasteiger partial charge in [0.15, 0.2) is 0 Å². The van der Waals surface area contributed by atoms with Gasteiger partial charge >= 0.3 is 24.4 Å². The van der Waals surface area contributed by atoms with Crippen LogP contribution >= 0.6 is 0 Å². The molecule has 0 saturated carbocycles. The number of ether oxygens (including phenoxy) is 2.